The molecule has 0 aromatic heterocycles. The lowest BCUT2D eigenvalue weighted by atomic mass is 9.83. The van der Waals surface area contributed by atoms with Crippen molar-refractivity contribution in [2.45, 2.75) is 32.2 Å². The Morgan fingerprint density at radius 2 is 2.08 bits per heavy atom. The molecule has 2 aliphatic carbocycles. The number of nitrogens with zero attached hydrogens (tertiary/aromatic N) is 1. The van der Waals surface area contributed by atoms with Gasteiger partial charge in [-0.1, -0.05) is 13.3 Å². The van der Waals surface area contributed by atoms with Crippen LogP contribution < -0.4 is 0 Å². The Kier molecular flexibility index (Phi) is 1.39. The normalized spacial score (nSPS) is 58.0. The van der Waals surface area contributed by atoms with Crippen molar-refractivity contribution in [1.82, 2.24) is 4.90 Å². The fraction of sp³-hybridized carbons (Fsp3) is 1.00. The molecule has 2 saturated carbocycles. The Morgan fingerprint density at radius 3 is 2.92 bits per heavy atom. The average molecular weight is 165 g/mol. The summed E-state index contributed by atoms with van der Waals surface area (Å²) >= 11 is 0. The first kappa shape index (κ1) is 7.37. The van der Waals surface area contributed by atoms with Crippen LogP contribution in [0.1, 0.15) is 26.2 Å². The summed E-state index contributed by atoms with van der Waals surface area (Å²) in [6, 6.07) is 0.977. The van der Waals surface area contributed by atoms with Crippen molar-refractivity contribution in [1.29, 1.82) is 0 Å². The Bertz CT molecular complexity index is 201. The average Bonchev–Trinajstić information content (AvgIpc) is 2.62. The minimum absolute atomic E-state index is 0.977. The number of fused-ring (bicyclic) bond motifs is 5. The Hall–Kier alpha value is -0.0400. The van der Waals surface area contributed by atoms with Crippen LogP contribution in [0.2, 0.25) is 0 Å². The maximum atomic E-state index is 2.61. The van der Waals surface area contributed by atoms with Crippen molar-refractivity contribution in [3.05, 3.63) is 0 Å². The topological polar surface area (TPSA) is 3.24 Å². The van der Waals surface area contributed by atoms with E-state index in [1.165, 1.54) is 25.8 Å². The summed E-state index contributed by atoms with van der Waals surface area (Å²) in [6.07, 6.45) is 4.56. The Labute approximate surface area is 75.1 Å². The highest BCUT2D eigenvalue weighted by Gasteiger charge is 2.54. The molecule has 3 rings (SSSR count). The molecule has 0 radical (unpaired) electrons. The van der Waals surface area contributed by atoms with Gasteiger partial charge >= 0.3 is 0 Å². The largest absolute Gasteiger partial charge is 0.303 e. The predicted octanol–water partition coefficient (Wildman–Crippen LogP) is 1.98. The molecule has 3 aliphatic rings. The number of hydrogen-bond donors (Lipinski definition) is 0. The summed E-state index contributed by atoms with van der Waals surface area (Å²) in [5.41, 5.74) is 0. The third-order valence-corrected chi connectivity index (χ3v) is 4.78. The van der Waals surface area contributed by atoms with Gasteiger partial charge < -0.3 is 4.90 Å². The highest BCUT2D eigenvalue weighted by atomic mass is 15.2. The summed E-state index contributed by atoms with van der Waals surface area (Å²) in [6.45, 7) is 3.88. The van der Waals surface area contributed by atoms with E-state index in [0.29, 0.717) is 0 Å². The van der Waals surface area contributed by atoms with E-state index < -0.39 is 0 Å². The number of likely N-dealkylation sites (tertiary alicyclic amines) is 1. The second kappa shape index (κ2) is 2.25. The summed E-state index contributed by atoms with van der Waals surface area (Å²) in [5, 5.41) is 0. The van der Waals surface area contributed by atoms with Crippen LogP contribution in [0.5, 0.6) is 0 Å². The van der Waals surface area contributed by atoms with Gasteiger partial charge in [-0.15, -0.1) is 0 Å². The molecule has 0 aromatic rings. The van der Waals surface area contributed by atoms with E-state index >= 15 is 0 Å². The molecule has 1 nitrogen and oxygen atoms in total. The first-order valence-electron chi connectivity index (χ1n) is 5.47. The Morgan fingerprint density at radius 1 is 1.25 bits per heavy atom. The lowest BCUT2D eigenvalue weighted by molar-refractivity contribution is 0.137. The van der Waals surface area contributed by atoms with Crippen molar-refractivity contribution in [2.24, 2.45) is 23.7 Å². The second-order valence-electron chi connectivity index (χ2n) is 5.30. The van der Waals surface area contributed by atoms with Crippen LogP contribution in [-0.2, 0) is 0 Å². The smallest absolute Gasteiger partial charge is 0.0127 e. The van der Waals surface area contributed by atoms with Crippen molar-refractivity contribution in [3.8, 4) is 0 Å². The summed E-state index contributed by atoms with van der Waals surface area (Å²) in [7, 11) is 2.32. The first-order valence-corrected chi connectivity index (χ1v) is 5.47. The SMILES string of the molecule is CC1CCC2C1C1CC2N(C)C1. The molecule has 68 valence electrons. The molecule has 1 heteroatoms. The minimum Gasteiger partial charge on any atom is -0.303 e. The maximum Gasteiger partial charge on any atom is 0.0127 e. The van der Waals surface area contributed by atoms with E-state index in [2.05, 4.69) is 18.9 Å². The molecule has 0 amide bonds. The van der Waals surface area contributed by atoms with Gasteiger partial charge in [0.05, 0.1) is 0 Å². The van der Waals surface area contributed by atoms with Crippen LogP contribution in [0, 0.1) is 23.7 Å². The zero-order chi connectivity index (χ0) is 8.29. The molecule has 1 aliphatic heterocycles. The van der Waals surface area contributed by atoms with Crippen LogP contribution in [-0.4, -0.2) is 24.5 Å². The predicted molar refractivity (Wildman–Crippen MR) is 49.9 cm³/mol. The number of piperidine rings is 1. The van der Waals surface area contributed by atoms with Gasteiger partial charge in [0.25, 0.3) is 0 Å². The molecular formula is C11H19N. The van der Waals surface area contributed by atoms with E-state index in [-0.39, 0.29) is 0 Å². The first-order chi connectivity index (χ1) is 5.77. The standard InChI is InChI=1S/C11H19N/c1-7-3-4-9-10-5-8(11(7)9)6-12(10)2/h7-11H,3-6H2,1-2H3. The highest BCUT2D eigenvalue weighted by molar-refractivity contribution is 5.05. The van der Waals surface area contributed by atoms with Crippen molar-refractivity contribution >= 4 is 0 Å². The third-order valence-electron chi connectivity index (χ3n) is 4.78. The zero-order valence-electron chi connectivity index (χ0n) is 8.16. The second-order valence-corrected chi connectivity index (χ2v) is 5.30. The molecule has 2 bridgehead atoms. The van der Waals surface area contributed by atoms with Crippen molar-refractivity contribution in [2.75, 3.05) is 13.6 Å². The lowest BCUT2D eigenvalue weighted by Crippen LogP contribution is -2.38. The molecule has 1 heterocycles. The van der Waals surface area contributed by atoms with Gasteiger partial charge in [-0.3, -0.25) is 0 Å². The minimum atomic E-state index is 0.977. The molecule has 3 fully saturated rings. The third kappa shape index (κ3) is 0.736. The summed E-state index contributed by atoms with van der Waals surface area (Å²) < 4.78 is 0. The number of hydrogen-bond acceptors (Lipinski definition) is 1. The maximum absolute atomic E-state index is 2.61. The van der Waals surface area contributed by atoms with Gasteiger partial charge in [0.2, 0.25) is 0 Å². The molecule has 0 aromatic carbocycles. The van der Waals surface area contributed by atoms with Crippen LogP contribution in [0.4, 0.5) is 0 Å². The van der Waals surface area contributed by atoms with Crippen LogP contribution in [0.25, 0.3) is 0 Å². The highest BCUT2D eigenvalue weighted by Crippen LogP contribution is 2.55. The zero-order valence-corrected chi connectivity index (χ0v) is 8.16. The molecule has 1 saturated heterocycles. The van der Waals surface area contributed by atoms with E-state index in [1.54, 1.807) is 0 Å². The van der Waals surface area contributed by atoms with Gasteiger partial charge in [-0.2, -0.15) is 0 Å². The fourth-order valence-electron chi connectivity index (χ4n) is 4.38. The van der Waals surface area contributed by atoms with Crippen LogP contribution in [0.3, 0.4) is 0 Å². The van der Waals surface area contributed by atoms with Gasteiger partial charge in [-0.25, -0.2) is 0 Å². The number of rotatable bonds is 0. The summed E-state index contributed by atoms with van der Waals surface area (Å²) in [5.74, 6) is 4.32. The van der Waals surface area contributed by atoms with E-state index in [1.807, 2.05) is 0 Å². The summed E-state index contributed by atoms with van der Waals surface area (Å²) in [4.78, 5) is 2.61. The monoisotopic (exact) mass is 165 g/mol. The van der Waals surface area contributed by atoms with Gasteiger partial charge in [0.1, 0.15) is 0 Å². The van der Waals surface area contributed by atoms with Crippen molar-refractivity contribution in [3.63, 3.8) is 0 Å². The quantitative estimate of drug-likeness (QED) is 0.530. The van der Waals surface area contributed by atoms with Gasteiger partial charge in [-0.05, 0) is 43.6 Å². The fourth-order valence-corrected chi connectivity index (χ4v) is 4.38. The molecule has 5 unspecified atom stereocenters. The molecule has 5 atom stereocenters. The van der Waals surface area contributed by atoms with Gasteiger partial charge in [0, 0.05) is 12.6 Å². The molecule has 0 spiro atoms. The molecule has 0 N–H and O–H groups in total. The van der Waals surface area contributed by atoms with Crippen molar-refractivity contribution < 1.29 is 0 Å². The van der Waals surface area contributed by atoms with Crippen LogP contribution in [0.15, 0.2) is 0 Å². The molecule has 12 heavy (non-hydrogen) atoms. The van der Waals surface area contributed by atoms with E-state index in [0.717, 1.165) is 29.7 Å². The lowest BCUT2D eigenvalue weighted by Gasteiger charge is -2.33. The van der Waals surface area contributed by atoms with E-state index in [9.17, 15) is 0 Å². The Balaban J connectivity index is 1.89. The van der Waals surface area contributed by atoms with E-state index in [4.69, 9.17) is 0 Å². The van der Waals surface area contributed by atoms with Crippen LogP contribution >= 0.6 is 0 Å². The molecular weight excluding hydrogens is 146 g/mol. The van der Waals surface area contributed by atoms with Gasteiger partial charge in [0.15, 0.2) is 0 Å².